The monoisotopic (exact) mass is 364 g/mol. The Hall–Kier alpha value is -2.74. The summed E-state index contributed by atoms with van der Waals surface area (Å²) in [6, 6.07) is 4.90. The number of ketones is 1. The van der Waals surface area contributed by atoms with E-state index >= 15 is 0 Å². The van der Waals surface area contributed by atoms with E-state index in [1.54, 1.807) is 18.2 Å². The number of nitrogens with zero attached hydrogens (tertiary/aromatic N) is 1. The molecule has 9 heteroatoms. The number of aromatic amines is 1. The molecule has 0 radical (unpaired) electrons. The number of hydrogen-bond acceptors (Lipinski definition) is 6. The first-order valence-corrected chi connectivity index (χ1v) is 8.05. The second kappa shape index (κ2) is 6.64. The normalized spacial score (nSPS) is 13.5. The van der Waals surface area contributed by atoms with Gasteiger partial charge in [0.15, 0.2) is 5.78 Å². The Balaban J connectivity index is 1.82. The first kappa shape index (κ1) is 17.1. The van der Waals surface area contributed by atoms with Gasteiger partial charge in [-0.05, 0) is 31.0 Å². The van der Waals surface area contributed by atoms with Crippen molar-refractivity contribution in [3.63, 3.8) is 0 Å². The zero-order valence-electron chi connectivity index (χ0n) is 13.5. The smallest absolute Gasteiger partial charge is 0.330 e. The van der Waals surface area contributed by atoms with Gasteiger partial charge in [-0.25, -0.2) is 4.79 Å². The molecule has 0 aliphatic heterocycles. The minimum absolute atomic E-state index is 0.0516. The SMILES string of the molecule is COc1ccc(NCC(=O)c2c(N)n(C3CC3)c(=O)[nH]c2=O)cc1Cl. The largest absolute Gasteiger partial charge is 0.495 e. The second-order valence-corrected chi connectivity index (χ2v) is 6.15. The Morgan fingerprint density at radius 3 is 2.76 bits per heavy atom. The highest BCUT2D eigenvalue weighted by atomic mass is 35.5. The quantitative estimate of drug-likeness (QED) is 0.667. The molecule has 4 N–H and O–H groups in total. The molecular formula is C16H17ClN4O4. The van der Waals surface area contributed by atoms with E-state index in [9.17, 15) is 14.4 Å². The number of carbonyl (C=O) groups excluding carboxylic acids is 1. The number of H-pyrrole nitrogens is 1. The number of hydrogen-bond donors (Lipinski definition) is 3. The number of nitrogen functional groups attached to an aromatic ring is 1. The van der Waals surface area contributed by atoms with Crippen LogP contribution in [0.4, 0.5) is 11.5 Å². The number of Topliss-reactive ketones (excluding diaryl/α,β-unsaturated/α-hetero) is 1. The minimum atomic E-state index is -0.779. The Labute approximate surface area is 147 Å². The van der Waals surface area contributed by atoms with Gasteiger partial charge in [0.25, 0.3) is 5.56 Å². The van der Waals surface area contributed by atoms with Crippen molar-refractivity contribution < 1.29 is 9.53 Å². The topological polar surface area (TPSA) is 119 Å². The Kier molecular flexibility index (Phi) is 4.54. The summed E-state index contributed by atoms with van der Waals surface area (Å²) in [5, 5.41) is 3.27. The van der Waals surface area contributed by atoms with Gasteiger partial charge in [-0.15, -0.1) is 0 Å². The van der Waals surface area contributed by atoms with Crippen LogP contribution < -0.4 is 27.0 Å². The molecule has 0 bridgehead atoms. The highest BCUT2D eigenvalue weighted by Crippen LogP contribution is 2.35. The maximum Gasteiger partial charge on any atom is 0.330 e. The molecule has 1 aromatic heterocycles. The van der Waals surface area contributed by atoms with Crippen LogP contribution in [0.5, 0.6) is 5.75 Å². The number of methoxy groups -OCH3 is 1. The van der Waals surface area contributed by atoms with Crippen molar-refractivity contribution in [2.45, 2.75) is 18.9 Å². The molecule has 0 unspecified atom stereocenters. The summed E-state index contributed by atoms with van der Waals surface area (Å²) < 4.78 is 6.33. The summed E-state index contributed by atoms with van der Waals surface area (Å²) in [4.78, 5) is 38.5. The van der Waals surface area contributed by atoms with Gasteiger partial charge < -0.3 is 15.8 Å². The average Bonchev–Trinajstić information content (AvgIpc) is 3.37. The predicted octanol–water partition coefficient (Wildman–Crippen LogP) is 1.41. The summed E-state index contributed by atoms with van der Waals surface area (Å²) in [6.07, 6.45) is 1.60. The third-order valence-electron chi connectivity index (χ3n) is 3.98. The van der Waals surface area contributed by atoms with E-state index in [1.807, 2.05) is 0 Å². The van der Waals surface area contributed by atoms with Crippen LogP contribution >= 0.6 is 11.6 Å². The first-order chi connectivity index (χ1) is 11.9. The van der Waals surface area contributed by atoms with Gasteiger partial charge in [0.2, 0.25) is 0 Å². The van der Waals surface area contributed by atoms with Crippen LogP contribution in [0.2, 0.25) is 5.02 Å². The molecule has 0 spiro atoms. The molecule has 1 aromatic carbocycles. The molecule has 1 fully saturated rings. The number of aromatic nitrogens is 2. The van der Waals surface area contributed by atoms with Crippen molar-refractivity contribution >= 4 is 28.9 Å². The molecule has 1 heterocycles. The van der Waals surface area contributed by atoms with Crippen LogP contribution in [0, 0.1) is 0 Å². The fourth-order valence-corrected chi connectivity index (χ4v) is 2.84. The highest BCUT2D eigenvalue weighted by Gasteiger charge is 2.29. The number of carbonyl (C=O) groups is 1. The van der Waals surface area contributed by atoms with Gasteiger partial charge in [0.05, 0.1) is 18.7 Å². The molecule has 8 nitrogen and oxygen atoms in total. The number of rotatable bonds is 6. The van der Waals surface area contributed by atoms with E-state index in [1.165, 1.54) is 11.7 Å². The third kappa shape index (κ3) is 3.39. The second-order valence-electron chi connectivity index (χ2n) is 5.75. The van der Waals surface area contributed by atoms with Gasteiger partial charge in [-0.1, -0.05) is 11.6 Å². The minimum Gasteiger partial charge on any atom is -0.495 e. The molecule has 1 aliphatic carbocycles. The van der Waals surface area contributed by atoms with Crippen molar-refractivity contribution in [2.75, 3.05) is 24.7 Å². The number of anilines is 2. The highest BCUT2D eigenvalue weighted by molar-refractivity contribution is 6.32. The lowest BCUT2D eigenvalue weighted by Crippen LogP contribution is -2.37. The number of halogens is 1. The number of nitrogens with one attached hydrogen (secondary N) is 2. The van der Waals surface area contributed by atoms with Gasteiger partial charge in [0.1, 0.15) is 17.1 Å². The van der Waals surface area contributed by atoms with E-state index in [-0.39, 0.29) is 24.0 Å². The standard InChI is InChI=1S/C16H17ClN4O4/c1-25-12-5-2-8(6-10(12)17)19-7-11(22)13-14(18)21(9-3-4-9)16(24)20-15(13)23/h2,5-6,9,19H,3-4,7,18H2,1H3,(H,20,23,24). The number of ether oxygens (including phenoxy) is 1. The molecule has 0 atom stereocenters. The number of nitrogens with two attached hydrogens (primary N) is 1. The fourth-order valence-electron chi connectivity index (χ4n) is 2.58. The summed E-state index contributed by atoms with van der Waals surface area (Å²) >= 11 is 6.03. The molecule has 3 rings (SSSR count). The van der Waals surface area contributed by atoms with Crippen LogP contribution in [0.3, 0.4) is 0 Å². The van der Waals surface area contributed by atoms with Crippen molar-refractivity contribution in [2.24, 2.45) is 0 Å². The van der Waals surface area contributed by atoms with E-state index in [4.69, 9.17) is 22.1 Å². The molecule has 1 saturated carbocycles. The Morgan fingerprint density at radius 2 is 2.16 bits per heavy atom. The van der Waals surface area contributed by atoms with Crippen LogP contribution in [-0.2, 0) is 0 Å². The van der Waals surface area contributed by atoms with Crippen LogP contribution in [0.25, 0.3) is 0 Å². The van der Waals surface area contributed by atoms with Crippen LogP contribution in [0.15, 0.2) is 27.8 Å². The maximum atomic E-state index is 12.4. The number of benzene rings is 1. The van der Waals surface area contributed by atoms with Crippen molar-refractivity contribution in [1.29, 1.82) is 0 Å². The summed E-state index contributed by atoms with van der Waals surface area (Å²) in [5.41, 5.74) is 4.93. The summed E-state index contributed by atoms with van der Waals surface area (Å²) in [6.45, 7) is -0.168. The maximum absolute atomic E-state index is 12.4. The van der Waals surface area contributed by atoms with Gasteiger partial charge in [-0.2, -0.15) is 0 Å². The first-order valence-electron chi connectivity index (χ1n) is 7.67. The Morgan fingerprint density at radius 1 is 1.44 bits per heavy atom. The predicted molar refractivity (Wildman–Crippen MR) is 94.8 cm³/mol. The van der Waals surface area contributed by atoms with E-state index in [0.29, 0.717) is 16.5 Å². The fraction of sp³-hybridized carbons (Fsp3) is 0.312. The molecule has 25 heavy (non-hydrogen) atoms. The van der Waals surface area contributed by atoms with Crippen molar-refractivity contribution in [3.05, 3.63) is 49.6 Å². The lowest BCUT2D eigenvalue weighted by Gasteiger charge is -2.12. The van der Waals surface area contributed by atoms with Gasteiger partial charge in [0, 0.05) is 11.7 Å². The van der Waals surface area contributed by atoms with Crippen LogP contribution in [-0.4, -0.2) is 29.0 Å². The Bertz CT molecular complexity index is 946. The van der Waals surface area contributed by atoms with Gasteiger partial charge in [-0.3, -0.25) is 19.1 Å². The molecular weight excluding hydrogens is 348 g/mol. The lowest BCUT2D eigenvalue weighted by molar-refractivity contribution is 0.100. The third-order valence-corrected chi connectivity index (χ3v) is 4.27. The molecule has 0 saturated heterocycles. The summed E-state index contributed by atoms with van der Waals surface area (Å²) in [5.74, 6) is -0.0911. The lowest BCUT2D eigenvalue weighted by atomic mass is 10.2. The molecule has 0 amide bonds. The summed E-state index contributed by atoms with van der Waals surface area (Å²) in [7, 11) is 1.50. The van der Waals surface area contributed by atoms with E-state index in [2.05, 4.69) is 10.3 Å². The van der Waals surface area contributed by atoms with Crippen LogP contribution in [0.1, 0.15) is 29.2 Å². The zero-order valence-corrected chi connectivity index (χ0v) is 14.2. The zero-order chi connectivity index (χ0) is 18.1. The van der Waals surface area contributed by atoms with Crippen molar-refractivity contribution in [1.82, 2.24) is 9.55 Å². The molecule has 1 aliphatic rings. The average molecular weight is 365 g/mol. The van der Waals surface area contributed by atoms with E-state index < -0.39 is 17.0 Å². The molecule has 132 valence electrons. The molecule has 2 aromatic rings. The van der Waals surface area contributed by atoms with Gasteiger partial charge >= 0.3 is 5.69 Å². The van der Waals surface area contributed by atoms with Crippen molar-refractivity contribution in [3.8, 4) is 5.75 Å². The van der Waals surface area contributed by atoms with E-state index in [0.717, 1.165) is 12.8 Å².